The first-order valence-electron chi connectivity index (χ1n) is 10.2. The fourth-order valence-electron chi connectivity index (χ4n) is 3.31. The molecule has 32 heavy (non-hydrogen) atoms. The first kappa shape index (κ1) is 23.6. The summed E-state index contributed by atoms with van der Waals surface area (Å²) in [6.07, 6.45) is -3.80. The van der Waals surface area contributed by atoms with Crippen LogP contribution < -0.4 is 4.74 Å². The molecule has 7 nitrogen and oxygen atoms in total. The van der Waals surface area contributed by atoms with Gasteiger partial charge in [-0.25, -0.2) is 0 Å². The molecule has 0 radical (unpaired) electrons. The van der Waals surface area contributed by atoms with E-state index in [2.05, 4.69) is 15.7 Å². The molecule has 0 bridgehead atoms. The summed E-state index contributed by atoms with van der Waals surface area (Å²) in [6, 6.07) is 12.2. The predicted molar refractivity (Wildman–Crippen MR) is 108 cm³/mol. The average Bonchev–Trinajstić information content (AvgIpc) is 3.26. The quantitative estimate of drug-likeness (QED) is 0.544. The molecular weight excluding hydrogens is 427 g/mol. The third-order valence-corrected chi connectivity index (χ3v) is 4.94. The summed E-state index contributed by atoms with van der Waals surface area (Å²) in [6.45, 7) is 1.81. The molecule has 2 aromatic rings. The molecule has 0 atom stereocenters. The smallest absolute Gasteiger partial charge is 0.411 e. The molecule has 1 aromatic heterocycles. The number of hydrogen-bond donors (Lipinski definition) is 0. The van der Waals surface area contributed by atoms with Crippen molar-refractivity contribution in [3.05, 3.63) is 53.5 Å². The van der Waals surface area contributed by atoms with Crippen molar-refractivity contribution in [2.45, 2.75) is 19.2 Å². The van der Waals surface area contributed by atoms with Crippen molar-refractivity contribution in [2.24, 2.45) is 0 Å². The maximum Gasteiger partial charge on any atom is 0.411 e. The second kappa shape index (κ2) is 11.0. The third kappa shape index (κ3) is 7.00. The summed E-state index contributed by atoms with van der Waals surface area (Å²) < 4.78 is 52.0. The fraction of sp³-hybridized carbons (Fsp3) is 0.455. The van der Waals surface area contributed by atoms with Crippen LogP contribution in [0.5, 0.6) is 5.75 Å². The zero-order chi connectivity index (χ0) is 23.0. The Bertz CT molecular complexity index is 931. The first-order valence-corrected chi connectivity index (χ1v) is 10.2. The average molecular weight is 451 g/mol. The van der Waals surface area contributed by atoms with E-state index < -0.39 is 12.8 Å². The van der Waals surface area contributed by atoms with E-state index in [1.807, 2.05) is 0 Å². The summed E-state index contributed by atoms with van der Waals surface area (Å²) in [5, 5.41) is 9.10. The summed E-state index contributed by atoms with van der Waals surface area (Å²) in [7, 11) is 0. The number of para-hydroxylation sites is 1. The molecule has 3 rings (SSSR count). The fourth-order valence-corrected chi connectivity index (χ4v) is 3.31. The Labute approximate surface area is 183 Å². The lowest BCUT2D eigenvalue weighted by Gasteiger charge is -2.34. The van der Waals surface area contributed by atoms with Gasteiger partial charge in [0.1, 0.15) is 30.8 Å². The highest BCUT2D eigenvalue weighted by molar-refractivity contribution is 5.91. The Morgan fingerprint density at radius 3 is 2.59 bits per heavy atom. The van der Waals surface area contributed by atoms with Crippen LogP contribution in [0.15, 0.2) is 40.8 Å². The number of amides is 1. The second-order valence-electron chi connectivity index (χ2n) is 7.32. The summed E-state index contributed by atoms with van der Waals surface area (Å²) in [5.74, 6) is 0.908. The Kier molecular flexibility index (Phi) is 8.14. The van der Waals surface area contributed by atoms with E-state index >= 15 is 0 Å². The number of rotatable bonds is 9. The molecule has 0 spiro atoms. The van der Waals surface area contributed by atoms with Crippen LogP contribution in [0.1, 0.15) is 28.3 Å². The maximum absolute atomic E-state index is 12.7. The maximum atomic E-state index is 12.7. The molecular formula is C22H24F3N3O4. The van der Waals surface area contributed by atoms with Gasteiger partial charge in [0.2, 0.25) is 0 Å². The molecule has 1 fully saturated rings. The number of halogens is 3. The van der Waals surface area contributed by atoms with Crippen molar-refractivity contribution in [3.8, 4) is 11.8 Å². The van der Waals surface area contributed by atoms with Crippen molar-refractivity contribution < 1.29 is 31.9 Å². The molecule has 1 saturated heterocycles. The zero-order valence-corrected chi connectivity index (χ0v) is 17.4. The number of alkyl halides is 3. The number of hydrogen-bond acceptors (Lipinski definition) is 6. The Balaban J connectivity index is 1.40. The van der Waals surface area contributed by atoms with Crippen LogP contribution in [0.4, 0.5) is 13.2 Å². The van der Waals surface area contributed by atoms with Gasteiger partial charge < -0.3 is 18.8 Å². The number of benzene rings is 1. The van der Waals surface area contributed by atoms with Crippen molar-refractivity contribution in [2.75, 3.05) is 45.9 Å². The molecule has 172 valence electrons. The molecule has 1 aliphatic heterocycles. The van der Waals surface area contributed by atoms with E-state index in [9.17, 15) is 18.0 Å². The van der Waals surface area contributed by atoms with Gasteiger partial charge in [0.25, 0.3) is 5.91 Å². The standard InChI is InChI=1S/C22H24F3N3O4/c23-22(24,25)16-30-13-3-8-27-9-11-28(12-10-27)21(29)20-7-6-18(32-20)15-31-19-5-2-1-4-17(19)14-26/h1-2,4-7H,3,8-13,15-16H2. The van der Waals surface area contributed by atoms with E-state index in [0.29, 0.717) is 56.2 Å². The van der Waals surface area contributed by atoms with Crippen LogP contribution in [0.3, 0.4) is 0 Å². The molecule has 0 aliphatic carbocycles. The van der Waals surface area contributed by atoms with Crippen LogP contribution in [-0.2, 0) is 11.3 Å². The van der Waals surface area contributed by atoms with Crippen molar-refractivity contribution in [3.63, 3.8) is 0 Å². The predicted octanol–water partition coefficient (Wildman–Crippen LogP) is 3.46. The third-order valence-electron chi connectivity index (χ3n) is 4.94. The first-order chi connectivity index (χ1) is 15.4. The van der Waals surface area contributed by atoms with Crippen molar-refractivity contribution in [1.82, 2.24) is 9.80 Å². The Morgan fingerprint density at radius 2 is 1.88 bits per heavy atom. The molecule has 1 aliphatic rings. The van der Waals surface area contributed by atoms with Gasteiger partial charge in [-0.3, -0.25) is 9.69 Å². The minimum atomic E-state index is -4.30. The molecule has 0 unspecified atom stereocenters. The van der Waals surface area contributed by atoms with Crippen LogP contribution in [0, 0.1) is 11.3 Å². The number of ether oxygens (including phenoxy) is 2. The Morgan fingerprint density at radius 1 is 1.12 bits per heavy atom. The topological polar surface area (TPSA) is 78.9 Å². The van der Waals surface area contributed by atoms with E-state index in [1.54, 1.807) is 41.3 Å². The van der Waals surface area contributed by atoms with Crippen molar-refractivity contribution >= 4 is 5.91 Å². The highest BCUT2D eigenvalue weighted by Gasteiger charge is 2.27. The van der Waals surface area contributed by atoms with E-state index in [4.69, 9.17) is 14.4 Å². The lowest BCUT2D eigenvalue weighted by atomic mass is 10.2. The number of nitrogens with zero attached hydrogens (tertiary/aromatic N) is 3. The summed E-state index contributed by atoms with van der Waals surface area (Å²) in [4.78, 5) is 16.5. The Hall–Kier alpha value is -3.03. The van der Waals surface area contributed by atoms with E-state index in [-0.39, 0.29) is 24.9 Å². The largest absolute Gasteiger partial charge is 0.484 e. The van der Waals surface area contributed by atoms with Gasteiger partial charge in [-0.05, 0) is 30.7 Å². The van der Waals surface area contributed by atoms with Crippen LogP contribution >= 0.6 is 0 Å². The van der Waals surface area contributed by atoms with Crippen LogP contribution in [-0.4, -0.2) is 67.8 Å². The highest BCUT2D eigenvalue weighted by atomic mass is 19.4. The van der Waals surface area contributed by atoms with Gasteiger partial charge in [-0.15, -0.1) is 0 Å². The number of nitriles is 1. The number of furan rings is 1. The van der Waals surface area contributed by atoms with Gasteiger partial charge in [0.05, 0.1) is 5.56 Å². The highest BCUT2D eigenvalue weighted by Crippen LogP contribution is 2.20. The van der Waals surface area contributed by atoms with Gasteiger partial charge >= 0.3 is 6.18 Å². The summed E-state index contributed by atoms with van der Waals surface area (Å²) in [5.41, 5.74) is 0.417. The number of carbonyl (C=O) groups is 1. The van der Waals surface area contributed by atoms with Crippen LogP contribution in [0.2, 0.25) is 0 Å². The monoisotopic (exact) mass is 451 g/mol. The lowest BCUT2D eigenvalue weighted by molar-refractivity contribution is -0.174. The minimum Gasteiger partial charge on any atom is -0.484 e. The minimum absolute atomic E-state index is 0.0503. The molecule has 1 aromatic carbocycles. The molecule has 2 heterocycles. The van der Waals surface area contributed by atoms with Crippen molar-refractivity contribution in [1.29, 1.82) is 5.26 Å². The number of carbonyl (C=O) groups excluding carboxylic acids is 1. The van der Waals surface area contributed by atoms with Gasteiger partial charge in [-0.1, -0.05) is 12.1 Å². The SMILES string of the molecule is N#Cc1ccccc1OCc1ccc(C(=O)N2CCN(CCCOCC(F)(F)F)CC2)o1. The van der Waals surface area contributed by atoms with E-state index in [1.165, 1.54) is 0 Å². The summed E-state index contributed by atoms with van der Waals surface area (Å²) >= 11 is 0. The lowest BCUT2D eigenvalue weighted by Crippen LogP contribution is -2.48. The van der Waals surface area contributed by atoms with E-state index in [0.717, 1.165) is 0 Å². The molecule has 0 N–H and O–H groups in total. The van der Waals surface area contributed by atoms with Gasteiger partial charge in [-0.2, -0.15) is 18.4 Å². The second-order valence-corrected chi connectivity index (χ2v) is 7.32. The molecule has 1 amide bonds. The molecule has 0 saturated carbocycles. The normalized spacial score (nSPS) is 14.9. The van der Waals surface area contributed by atoms with Gasteiger partial charge in [0.15, 0.2) is 5.76 Å². The molecule has 10 heteroatoms. The van der Waals surface area contributed by atoms with Crippen LogP contribution in [0.25, 0.3) is 0 Å². The van der Waals surface area contributed by atoms with Gasteiger partial charge in [0, 0.05) is 39.3 Å². The number of piperazine rings is 1. The zero-order valence-electron chi connectivity index (χ0n) is 17.4.